The summed E-state index contributed by atoms with van der Waals surface area (Å²) in [6.07, 6.45) is 1.04. The van der Waals surface area contributed by atoms with E-state index in [4.69, 9.17) is 15.2 Å². The minimum atomic E-state index is -3.75. The third-order valence-electron chi connectivity index (χ3n) is 5.18. The number of methoxy groups -OCH3 is 1. The average molecular weight is 476 g/mol. The highest BCUT2D eigenvalue weighted by molar-refractivity contribution is 7.91. The number of sulfone groups is 1. The van der Waals surface area contributed by atoms with Crippen LogP contribution >= 0.6 is 0 Å². The summed E-state index contributed by atoms with van der Waals surface area (Å²) in [7, 11) is -2.29. The van der Waals surface area contributed by atoms with E-state index in [0.717, 1.165) is 11.2 Å². The van der Waals surface area contributed by atoms with Crippen molar-refractivity contribution in [2.24, 2.45) is 5.73 Å². The van der Waals surface area contributed by atoms with E-state index in [1.54, 1.807) is 19.1 Å². The first-order valence-electron chi connectivity index (χ1n) is 10.1. The van der Waals surface area contributed by atoms with Gasteiger partial charge in [0.15, 0.2) is 21.3 Å². The molecule has 1 unspecified atom stereocenters. The molecule has 3 N–H and O–H groups in total. The molecule has 33 heavy (non-hydrogen) atoms. The summed E-state index contributed by atoms with van der Waals surface area (Å²) >= 11 is 0. The molecule has 176 valence electrons. The molecule has 10 nitrogen and oxygen atoms in total. The SMILES string of the molecule is CCOc1cc(C(CN2C(=O)c3cccc(NC(=O)CN)c3C2=O)S(C)(=O)=O)ccc1OC. The fourth-order valence-electron chi connectivity index (χ4n) is 3.62. The lowest BCUT2D eigenvalue weighted by atomic mass is 10.1. The van der Waals surface area contributed by atoms with Crippen LogP contribution in [0.3, 0.4) is 0 Å². The Balaban J connectivity index is 1.99. The highest BCUT2D eigenvalue weighted by Crippen LogP contribution is 2.36. The second kappa shape index (κ2) is 9.59. The zero-order valence-corrected chi connectivity index (χ0v) is 19.3. The van der Waals surface area contributed by atoms with Gasteiger partial charge in [-0.3, -0.25) is 19.3 Å². The van der Waals surface area contributed by atoms with Crippen LogP contribution in [0.5, 0.6) is 11.5 Å². The van der Waals surface area contributed by atoms with E-state index >= 15 is 0 Å². The van der Waals surface area contributed by atoms with Gasteiger partial charge >= 0.3 is 0 Å². The first-order chi connectivity index (χ1) is 15.6. The molecule has 2 aromatic rings. The van der Waals surface area contributed by atoms with Gasteiger partial charge in [0.05, 0.1) is 43.6 Å². The molecule has 0 spiro atoms. The second-order valence-corrected chi connectivity index (χ2v) is 9.59. The highest BCUT2D eigenvalue weighted by Gasteiger charge is 2.41. The van der Waals surface area contributed by atoms with Gasteiger partial charge in [0.1, 0.15) is 5.25 Å². The molecule has 2 aromatic carbocycles. The number of nitrogens with one attached hydrogen (secondary N) is 1. The van der Waals surface area contributed by atoms with Crippen LogP contribution in [0.1, 0.15) is 38.5 Å². The first-order valence-corrected chi connectivity index (χ1v) is 12.1. The molecule has 1 aliphatic heterocycles. The summed E-state index contributed by atoms with van der Waals surface area (Å²) in [4.78, 5) is 38.8. The summed E-state index contributed by atoms with van der Waals surface area (Å²) in [6, 6.07) is 9.10. The number of ether oxygens (including phenoxy) is 2. The number of benzene rings is 2. The van der Waals surface area contributed by atoms with Gasteiger partial charge in [0.25, 0.3) is 11.8 Å². The molecule has 0 saturated carbocycles. The lowest BCUT2D eigenvalue weighted by Gasteiger charge is -2.22. The zero-order chi connectivity index (χ0) is 24.3. The van der Waals surface area contributed by atoms with E-state index < -0.39 is 39.4 Å². The van der Waals surface area contributed by atoms with E-state index in [0.29, 0.717) is 23.7 Å². The van der Waals surface area contributed by atoms with Gasteiger partial charge in [-0.1, -0.05) is 12.1 Å². The van der Waals surface area contributed by atoms with E-state index in [2.05, 4.69) is 5.32 Å². The smallest absolute Gasteiger partial charge is 0.263 e. The molecule has 0 fully saturated rings. The van der Waals surface area contributed by atoms with Gasteiger partial charge in [-0.15, -0.1) is 0 Å². The summed E-state index contributed by atoms with van der Waals surface area (Å²) in [5, 5.41) is 1.30. The Hall–Kier alpha value is -3.44. The van der Waals surface area contributed by atoms with Crippen molar-refractivity contribution in [2.45, 2.75) is 12.2 Å². The van der Waals surface area contributed by atoms with Crippen molar-refractivity contribution >= 4 is 33.2 Å². The van der Waals surface area contributed by atoms with Crippen molar-refractivity contribution in [3.8, 4) is 11.5 Å². The van der Waals surface area contributed by atoms with Crippen molar-refractivity contribution in [1.29, 1.82) is 0 Å². The van der Waals surface area contributed by atoms with Gasteiger partial charge in [-0.2, -0.15) is 0 Å². The van der Waals surface area contributed by atoms with Gasteiger partial charge < -0.3 is 20.5 Å². The summed E-state index contributed by atoms with van der Waals surface area (Å²) < 4.78 is 36.2. The molecule has 1 heterocycles. The summed E-state index contributed by atoms with van der Waals surface area (Å²) in [6.45, 7) is 1.40. The highest BCUT2D eigenvalue weighted by atomic mass is 32.2. The number of amides is 3. The van der Waals surface area contributed by atoms with Crippen LogP contribution < -0.4 is 20.5 Å². The normalized spacial score (nSPS) is 14.1. The molecule has 1 aliphatic rings. The number of rotatable bonds is 9. The number of hydrogen-bond acceptors (Lipinski definition) is 8. The lowest BCUT2D eigenvalue weighted by Crippen LogP contribution is -2.36. The fraction of sp³-hybridized carbons (Fsp3) is 0.318. The maximum absolute atomic E-state index is 13.1. The molecule has 11 heteroatoms. The van der Waals surface area contributed by atoms with E-state index in [-0.39, 0.29) is 23.4 Å². The van der Waals surface area contributed by atoms with Gasteiger partial charge in [-0.05, 0) is 36.8 Å². The average Bonchev–Trinajstić information content (AvgIpc) is 3.02. The third-order valence-corrected chi connectivity index (χ3v) is 6.64. The molecular weight excluding hydrogens is 450 g/mol. The number of fused-ring (bicyclic) bond motifs is 1. The summed E-state index contributed by atoms with van der Waals surface area (Å²) in [5.74, 6) is -1.10. The Bertz CT molecular complexity index is 1210. The Morgan fingerprint density at radius 2 is 1.88 bits per heavy atom. The molecule has 0 radical (unpaired) electrons. The van der Waals surface area contributed by atoms with Crippen molar-refractivity contribution in [2.75, 3.05) is 38.4 Å². The number of nitrogens with zero attached hydrogens (tertiary/aromatic N) is 1. The number of hydrogen-bond donors (Lipinski definition) is 2. The van der Waals surface area contributed by atoms with E-state index in [1.165, 1.54) is 31.4 Å². The van der Waals surface area contributed by atoms with Crippen LogP contribution in [0.25, 0.3) is 0 Å². The van der Waals surface area contributed by atoms with E-state index in [9.17, 15) is 22.8 Å². The number of nitrogens with two attached hydrogens (primary N) is 1. The molecule has 0 bridgehead atoms. The van der Waals surface area contributed by atoms with Crippen LogP contribution in [0.15, 0.2) is 36.4 Å². The monoisotopic (exact) mass is 475 g/mol. The molecule has 0 aromatic heterocycles. The molecular formula is C22H25N3O7S. The molecule has 0 saturated heterocycles. The van der Waals surface area contributed by atoms with E-state index in [1.807, 2.05) is 0 Å². The zero-order valence-electron chi connectivity index (χ0n) is 18.5. The number of carbonyl (C=O) groups excluding carboxylic acids is 3. The largest absolute Gasteiger partial charge is 0.493 e. The fourth-order valence-corrected chi connectivity index (χ4v) is 4.68. The standard InChI is InChI=1S/C22H25N3O7S/c1-4-32-17-10-13(8-9-16(17)31-2)18(33(3,29)30)12-25-21(27)14-6-5-7-15(20(14)22(25)28)24-19(26)11-23/h5-10,18H,4,11-12,23H2,1-3H3,(H,24,26). The summed E-state index contributed by atoms with van der Waals surface area (Å²) in [5.41, 5.74) is 5.89. The minimum Gasteiger partial charge on any atom is -0.493 e. The topological polar surface area (TPSA) is 145 Å². The van der Waals surface area contributed by atoms with Crippen molar-refractivity contribution < 1.29 is 32.3 Å². The Kier molecular flexibility index (Phi) is 7.04. The number of carbonyl (C=O) groups is 3. The maximum Gasteiger partial charge on any atom is 0.263 e. The van der Waals surface area contributed by atoms with Gasteiger partial charge in [0, 0.05) is 6.26 Å². The first kappa shape index (κ1) is 24.2. The lowest BCUT2D eigenvalue weighted by molar-refractivity contribution is -0.114. The second-order valence-electron chi connectivity index (χ2n) is 7.36. The predicted molar refractivity (Wildman–Crippen MR) is 121 cm³/mol. The number of anilines is 1. The Morgan fingerprint density at radius 1 is 1.15 bits per heavy atom. The van der Waals surface area contributed by atoms with Crippen molar-refractivity contribution in [3.63, 3.8) is 0 Å². The Morgan fingerprint density at radius 3 is 2.48 bits per heavy atom. The Labute approximate surface area is 191 Å². The molecule has 0 aliphatic carbocycles. The van der Waals surface area contributed by atoms with Crippen LogP contribution in [-0.4, -0.2) is 64.1 Å². The molecule has 3 rings (SSSR count). The predicted octanol–water partition coefficient (Wildman–Crippen LogP) is 1.37. The third kappa shape index (κ3) is 4.83. The van der Waals surface area contributed by atoms with Crippen molar-refractivity contribution in [3.05, 3.63) is 53.1 Å². The molecule has 3 amide bonds. The number of imide groups is 1. The molecule has 1 atom stereocenters. The van der Waals surface area contributed by atoms with Crippen LogP contribution in [0.2, 0.25) is 0 Å². The van der Waals surface area contributed by atoms with Crippen LogP contribution in [-0.2, 0) is 14.6 Å². The van der Waals surface area contributed by atoms with Gasteiger partial charge in [0.2, 0.25) is 5.91 Å². The quantitative estimate of drug-likeness (QED) is 0.517. The van der Waals surface area contributed by atoms with Gasteiger partial charge in [-0.25, -0.2) is 8.42 Å². The van der Waals surface area contributed by atoms with Crippen LogP contribution in [0.4, 0.5) is 5.69 Å². The minimum absolute atomic E-state index is 0.00119. The van der Waals surface area contributed by atoms with Crippen LogP contribution in [0, 0.1) is 0 Å². The maximum atomic E-state index is 13.1. The van der Waals surface area contributed by atoms with Crippen molar-refractivity contribution in [1.82, 2.24) is 4.90 Å².